The van der Waals surface area contributed by atoms with E-state index in [1.807, 2.05) is 24.3 Å². The van der Waals surface area contributed by atoms with Gasteiger partial charge in [-0.15, -0.1) is 0 Å². The molecule has 0 spiro atoms. The highest BCUT2D eigenvalue weighted by atomic mass is 32.2. The monoisotopic (exact) mass is 480 g/mol. The van der Waals surface area contributed by atoms with Crippen molar-refractivity contribution >= 4 is 26.8 Å². The van der Waals surface area contributed by atoms with E-state index >= 15 is 0 Å². The summed E-state index contributed by atoms with van der Waals surface area (Å²) in [5, 5.41) is 10.9. The summed E-state index contributed by atoms with van der Waals surface area (Å²) in [7, 11) is -2.40. The number of benzene rings is 3. The molecule has 34 heavy (non-hydrogen) atoms. The molecule has 0 unspecified atom stereocenters. The van der Waals surface area contributed by atoms with Crippen LogP contribution in [0.4, 0.5) is 4.39 Å². The quantitative estimate of drug-likeness (QED) is 0.403. The third-order valence-corrected chi connectivity index (χ3v) is 7.09. The standard InChI is InChI=1S/C25H21FN2O5S/c1-28(34(31,32)22-7-5-21(26)6-8-22)15-17-2-9-24(33-16-25(29)30)23(12-17)19-4-3-18-10-11-27-14-20(18)13-19/h2-14H,15-16H2,1H3,(H,29,30). The summed E-state index contributed by atoms with van der Waals surface area (Å²) in [5.74, 6) is -1.27. The fraction of sp³-hybridized carbons (Fsp3) is 0.120. The van der Waals surface area contributed by atoms with E-state index in [1.165, 1.54) is 23.5 Å². The number of halogens is 1. The maximum Gasteiger partial charge on any atom is 0.341 e. The number of carboxylic acid groups (broad SMARTS) is 1. The fourth-order valence-electron chi connectivity index (χ4n) is 3.55. The van der Waals surface area contributed by atoms with Gasteiger partial charge < -0.3 is 9.84 Å². The highest BCUT2D eigenvalue weighted by Crippen LogP contribution is 2.33. The summed E-state index contributed by atoms with van der Waals surface area (Å²) in [5.41, 5.74) is 2.06. The van der Waals surface area contributed by atoms with Gasteiger partial charge in [-0.3, -0.25) is 4.98 Å². The minimum atomic E-state index is -3.84. The van der Waals surface area contributed by atoms with Gasteiger partial charge in [0.2, 0.25) is 10.0 Å². The Balaban J connectivity index is 1.69. The van der Waals surface area contributed by atoms with Crippen LogP contribution in [0.15, 0.2) is 84.0 Å². The van der Waals surface area contributed by atoms with Gasteiger partial charge in [0.25, 0.3) is 0 Å². The van der Waals surface area contributed by atoms with E-state index in [1.54, 1.807) is 30.6 Å². The molecule has 4 rings (SSSR count). The summed E-state index contributed by atoms with van der Waals surface area (Å²) in [6.07, 6.45) is 3.42. The molecule has 0 radical (unpaired) electrons. The van der Waals surface area contributed by atoms with Crippen LogP contribution in [0.2, 0.25) is 0 Å². The number of aromatic nitrogens is 1. The molecule has 4 aromatic rings. The second-order valence-electron chi connectivity index (χ2n) is 7.67. The van der Waals surface area contributed by atoms with Crippen molar-refractivity contribution in [1.82, 2.24) is 9.29 Å². The Bertz CT molecular complexity index is 1460. The summed E-state index contributed by atoms with van der Waals surface area (Å²) in [6.45, 7) is -0.471. The third kappa shape index (κ3) is 5.05. The largest absolute Gasteiger partial charge is 0.481 e. The second-order valence-corrected chi connectivity index (χ2v) is 9.71. The molecule has 0 aliphatic rings. The highest BCUT2D eigenvalue weighted by molar-refractivity contribution is 7.89. The van der Waals surface area contributed by atoms with Gasteiger partial charge >= 0.3 is 5.97 Å². The zero-order valence-electron chi connectivity index (χ0n) is 18.2. The number of nitrogens with zero attached hydrogens (tertiary/aromatic N) is 2. The van der Waals surface area contributed by atoms with E-state index in [2.05, 4.69) is 4.98 Å². The number of sulfonamides is 1. The van der Waals surface area contributed by atoms with Gasteiger partial charge in [-0.2, -0.15) is 4.31 Å². The average Bonchev–Trinajstić information content (AvgIpc) is 2.83. The maximum absolute atomic E-state index is 13.2. The molecule has 0 atom stereocenters. The zero-order chi connectivity index (χ0) is 24.3. The number of aliphatic carboxylic acids is 1. The third-order valence-electron chi connectivity index (χ3n) is 5.27. The van der Waals surface area contributed by atoms with Crippen molar-refractivity contribution in [2.24, 2.45) is 0 Å². The maximum atomic E-state index is 13.2. The fourth-order valence-corrected chi connectivity index (χ4v) is 4.71. The Hall–Kier alpha value is -3.82. The number of pyridine rings is 1. The number of hydrogen-bond donors (Lipinski definition) is 1. The van der Waals surface area contributed by atoms with Crippen molar-refractivity contribution in [2.45, 2.75) is 11.4 Å². The molecule has 0 bridgehead atoms. The Morgan fingerprint density at radius 2 is 1.79 bits per heavy atom. The molecule has 1 N–H and O–H groups in total. The van der Waals surface area contributed by atoms with Crippen molar-refractivity contribution in [3.8, 4) is 16.9 Å². The van der Waals surface area contributed by atoms with Crippen molar-refractivity contribution in [1.29, 1.82) is 0 Å². The van der Waals surface area contributed by atoms with Crippen molar-refractivity contribution in [3.05, 3.63) is 90.5 Å². The van der Waals surface area contributed by atoms with E-state index in [0.29, 0.717) is 16.9 Å². The molecule has 0 fully saturated rings. The Kier molecular flexibility index (Phi) is 6.58. The zero-order valence-corrected chi connectivity index (χ0v) is 19.0. The lowest BCUT2D eigenvalue weighted by Crippen LogP contribution is -2.26. The molecule has 1 aromatic heterocycles. The molecule has 0 saturated carbocycles. The van der Waals surface area contributed by atoms with Crippen LogP contribution in [0, 0.1) is 5.82 Å². The van der Waals surface area contributed by atoms with E-state index in [0.717, 1.165) is 28.5 Å². The lowest BCUT2D eigenvalue weighted by atomic mass is 9.99. The predicted octanol–water partition coefficient (Wildman–Crippen LogP) is 4.33. The smallest absolute Gasteiger partial charge is 0.341 e. The SMILES string of the molecule is CN(Cc1ccc(OCC(=O)O)c(-c2ccc3ccncc3c2)c1)S(=O)(=O)c1ccc(F)cc1. The lowest BCUT2D eigenvalue weighted by Gasteiger charge is -2.19. The van der Waals surface area contributed by atoms with Crippen molar-refractivity contribution in [2.75, 3.05) is 13.7 Å². The number of rotatable bonds is 8. The molecule has 0 saturated heterocycles. The number of carboxylic acids is 1. The van der Waals surface area contributed by atoms with Gasteiger partial charge in [-0.05, 0) is 65.0 Å². The molecule has 7 nitrogen and oxygen atoms in total. The van der Waals surface area contributed by atoms with Gasteiger partial charge in [-0.1, -0.05) is 18.2 Å². The van der Waals surface area contributed by atoms with Crippen LogP contribution >= 0.6 is 0 Å². The summed E-state index contributed by atoms with van der Waals surface area (Å²) in [4.78, 5) is 15.2. The average molecular weight is 481 g/mol. The van der Waals surface area contributed by atoms with Gasteiger partial charge in [0.05, 0.1) is 4.90 Å². The van der Waals surface area contributed by atoms with Crippen LogP contribution in [0.25, 0.3) is 21.9 Å². The molecular weight excluding hydrogens is 459 g/mol. The van der Waals surface area contributed by atoms with Crippen molar-refractivity contribution < 1.29 is 27.4 Å². The number of carbonyl (C=O) groups is 1. The van der Waals surface area contributed by atoms with Gasteiger partial charge in [0.1, 0.15) is 11.6 Å². The highest BCUT2D eigenvalue weighted by Gasteiger charge is 2.21. The molecule has 0 amide bonds. The second kappa shape index (κ2) is 9.58. The first-order valence-electron chi connectivity index (χ1n) is 10.3. The van der Waals surface area contributed by atoms with Gasteiger partial charge in [0.15, 0.2) is 6.61 Å². The van der Waals surface area contributed by atoms with Crippen LogP contribution in [-0.4, -0.2) is 42.4 Å². The predicted molar refractivity (Wildman–Crippen MR) is 125 cm³/mol. The molecule has 9 heteroatoms. The molecular formula is C25H21FN2O5S. The first kappa shape index (κ1) is 23.3. The molecule has 0 aliphatic carbocycles. The van der Waals surface area contributed by atoms with Crippen LogP contribution in [-0.2, 0) is 21.4 Å². The van der Waals surface area contributed by atoms with Crippen molar-refractivity contribution in [3.63, 3.8) is 0 Å². The molecule has 3 aromatic carbocycles. The van der Waals surface area contributed by atoms with E-state index < -0.39 is 28.4 Å². The summed E-state index contributed by atoms with van der Waals surface area (Å²) >= 11 is 0. The minimum absolute atomic E-state index is 0.0138. The van der Waals surface area contributed by atoms with Crippen LogP contribution in [0.1, 0.15) is 5.56 Å². The van der Waals surface area contributed by atoms with Crippen LogP contribution in [0.5, 0.6) is 5.75 Å². The van der Waals surface area contributed by atoms with Crippen LogP contribution < -0.4 is 4.74 Å². The number of fused-ring (bicyclic) bond motifs is 1. The number of hydrogen-bond acceptors (Lipinski definition) is 5. The lowest BCUT2D eigenvalue weighted by molar-refractivity contribution is -0.139. The minimum Gasteiger partial charge on any atom is -0.481 e. The van der Waals surface area contributed by atoms with Gasteiger partial charge in [-0.25, -0.2) is 17.6 Å². The molecule has 174 valence electrons. The van der Waals surface area contributed by atoms with E-state index in [9.17, 15) is 17.6 Å². The normalized spacial score (nSPS) is 11.6. The Morgan fingerprint density at radius 3 is 2.53 bits per heavy atom. The topological polar surface area (TPSA) is 96.8 Å². The number of ether oxygens (including phenoxy) is 1. The summed E-state index contributed by atoms with van der Waals surface area (Å²) < 4.78 is 45.7. The molecule has 0 aliphatic heterocycles. The van der Waals surface area contributed by atoms with E-state index in [-0.39, 0.29) is 11.4 Å². The first-order chi connectivity index (χ1) is 16.2. The summed E-state index contributed by atoms with van der Waals surface area (Å²) in [6, 6.07) is 17.3. The Labute approximate surface area is 196 Å². The van der Waals surface area contributed by atoms with Crippen LogP contribution in [0.3, 0.4) is 0 Å². The Morgan fingerprint density at radius 1 is 1.03 bits per heavy atom. The first-order valence-corrected chi connectivity index (χ1v) is 11.7. The van der Waals surface area contributed by atoms with E-state index in [4.69, 9.17) is 9.84 Å². The van der Waals surface area contributed by atoms with Gasteiger partial charge in [0, 0.05) is 36.9 Å². The molecule has 1 heterocycles.